The summed E-state index contributed by atoms with van der Waals surface area (Å²) in [7, 11) is -17.3. The number of rotatable bonds is 35. The summed E-state index contributed by atoms with van der Waals surface area (Å²) in [5.74, 6) is -1.15. The number of nitrogens with two attached hydrogens (primary N) is 1. The van der Waals surface area contributed by atoms with Crippen molar-refractivity contribution in [3.05, 3.63) is 23.1 Å². The van der Waals surface area contributed by atoms with E-state index in [4.69, 9.17) is 16.0 Å². The van der Waals surface area contributed by atoms with Gasteiger partial charge in [0.15, 0.2) is 22.8 Å². The number of phosphoric acid groups is 3. The van der Waals surface area contributed by atoms with E-state index in [1.165, 1.54) is 58.8 Å². The van der Waals surface area contributed by atoms with Crippen molar-refractivity contribution in [1.82, 2.24) is 48.6 Å². The third-order valence-corrected chi connectivity index (χ3v) is 14.4. The van der Waals surface area contributed by atoms with Gasteiger partial charge in [0.25, 0.3) is 23.5 Å². The molecular formula is C37H74N13O17P3S. The van der Waals surface area contributed by atoms with E-state index >= 15 is 0 Å². The first-order chi connectivity index (χ1) is 32.1. The van der Waals surface area contributed by atoms with E-state index in [9.17, 15) is 57.9 Å². The Morgan fingerprint density at radius 1 is 0.915 bits per heavy atom. The van der Waals surface area contributed by atoms with Crippen LogP contribution >= 0.6 is 35.2 Å². The minimum atomic E-state index is -5.91. The smallest absolute Gasteiger partial charge is 0.274 e. The van der Waals surface area contributed by atoms with E-state index in [0.29, 0.717) is 18.7 Å². The van der Waals surface area contributed by atoms with Gasteiger partial charge in [-0.1, -0.05) is 101 Å². The summed E-state index contributed by atoms with van der Waals surface area (Å²) in [6.07, 6.45) is 7.64. The molecule has 3 rings (SSSR count). The summed E-state index contributed by atoms with van der Waals surface area (Å²) in [4.78, 5) is 97.6. The van der Waals surface area contributed by atoms with Crippen LogP contribution in [0.25, 0.3) is 21.6 Å². The van der Waals surface area contributed by atoms with Crippen molar-refractivity contribution in [2.24, 2.45) is 10.5 Å². The molecule has 2 amide bonds. The molecule has 8 atom stereocenters. The van der Waals surface area contributed by atoms with Gasteiger partial charge in [-0.05, 0) is 18.4 Å². The van der Waals surface area contributed by atoms with Crippen LogP contribution < -0.4 is 49.5 Å². The van der Waals surface area contributed by atoms with Crippen molar-refractivity contribution in [3.8, 4) is 0 Å². The number of nitrogens with zero attached hydrogens (tertiary/aromatic N) is 7. The number of carbonyl (C=O) groups excluding carboxylic acids is 3. The fraction of sp³-hybridized carbons (Fsp3) is 0.784. The molecule has 0 aliphatic carbocycles. The molecule has 2 aromatic rings. The zero-order valence-corrected chi connectivity index (χ0v) is 44.4. The Morgan fingerprint density at radius 3 is 2.08 bits per heavy atom. The number of nitrogen functional groups attached to an aromatic ring is 1. The molecule has 1 aliphatic rings. The van der Waals surface area contributed by atoms with Crippen molar-refractivity contribution >= 4 is 69.1 Å². The third kappa shape index (κ3) is 25.5. The van der Waals surface area contributed by atoms with Gasteiger partial charge >= 0.3 is 0 Å². The number of amides is 2. The Morgan fingerprint density at radius 2 is 1.49 bits per heavy atom. The second-order valence-electron chi connectivity index (χ2n) is 16.5. The molecule has 0 bridgehead atoms. The number of thioether (sulfide) groups is 1. The van der Waals surface area contributed by atoms with Crippen LogP contribution in [0.15, 0.2) is 17.8 Å². The Labute approximate surface area is 415 Å². The van der Waals surface area contributed by atoms with E-state index in [1.54, 1.807) is 0 Å². The van der Waals surface area contributed by atoms with Crippen LogP contribution in [0.4, 0.5) is 5.82 Å². The first kappa shape index (κ1) is 67.8. The van der Waals surface area contributed by atoms with Gasteiger partial charge in [-0.15, -0.1) is 0 Å². The monoisotopic (exact) mass is 1100 g/mol. The highest BCUT2D eigenvalue weighted by Gasteiger charge is 2.48. The zero-order chi connectivity index (χ0) is 50.4. The van der Waals surface area contributed by atoms with Crippen LogP contribution in [0.1, 0.15) is 116 Å². The number of anilines is 1. The highest BCUT2D eigenvalue weighted by Crippen LogP contribution is 2.56. The van der Waals surface area contributed by atoms with Gasteiger partial charge < -0.3 is 82.9 Å². The topological polar surface area (TPSA) is 530 Å². The number of aliphatic hydroxyl groups excluding tert-OH is 2. The molecule has 30 nitrogen and oxygen atoms in total. The predicted molar refractivity (Wildman–Crippen MR) is 257 cm³/mol. The van der Waals surface area contributed by atoms with Crippen LogP contribution in [0.3, 0.4) is 0 Å². The Bertz CT molecular complexity index is 2120. The van der Waals surface area contributed by atoms with Crippen molar-refractivity contribution in [3.63, 3.8) is 0 Å². The molecular weight excluding hydrogens is 1020 g/mol. The van der Waals surface area contributed by atoms with E-state index < -0.39 is 84.6 Å². The van der Waals surface area contributed by atoms with Gasteiger partial charge in [0.05, 0.1) is 19.5 Å². The highest BCUT2D eigenvalue weighted by atomic mass is 32.2. The highest BCUT2D eigenvalue weighted by molar-refractivity contribution is 8.13. The summed E-state index contributed by atoms with van der Waals surface area (Å²) >= 11 is 1.13. The molecule has 1 aliphatic heterocycles. The summed E-state index contributed by atoms with van der Waals surface area (Å²) in [5.41, 5.74) is 12.4. The fourth-order valence-corrected chi connectivity index (χ4v) is 10.3. The normalized spacial score (nSPS) is 19.6. The van der Waals surface area contributed by atoms with Gasteiger partial charge in [0.1, 0.15) is 36.3 Å². The van der Waals surface area contributed by atoms with Crippen LogP contribution in [-0.4, -0.2) is 115 Å². The number of phosphoric ester groups is 3. The molecule has 71 heavy (non-hydrogen) atoms. The second-order valence-corrected chi connectivity index (χ2v) is 21.8. The molecule has 1 fully saturated rings. The van der Waals surface area contributed by atoms with Gasteiger partial charge in [0, 0.05) is 48.6 Å². The number of hydrogen-bond acceptors (Lipinski definition) is 22. The first-order valence-corrected chi connectivity index (χ1v) is 27.5. The zero-order valence-electron chi connectivity index (χ0n) is 40.9. The molecule has 0 saturated carbocycles. The van der Waals surface area contributed by atoms with E-state index in [-0.39, 0.29) is 60.1 Å². The number of imidazole rings is 1. The quantitative estimate of drug-likeness (QED) is 0.0156. The maximum Gasteiger partial charge on any atom is 0.274 e. The molecule has 3 unspecified atom stereocenters. The maximum absolute atomic E-state index is 12.6. The van der Waals surface area contributed by atoms with Gasteiger partial charge in [0.2, 0.25) is 11.8 Å². The number of aliphatic hydroxyl groups is 2. The average molecular weight is 1100 g/mol. The number of nitrogens with one attached hydrogen (secondary N) is 2. The molecule has 0 spiro atoms. The lowest BCUT2D eigenvalue weighted by atomic mass is 9.87. The van der Waals surface area contributed by atoms with E-state index in [0.717, 1.165) is 67.5 Å². The number of unbranched alkanes of at least 4 members (excludes halogenated alkanes) is 12. The standard InChI is InChI=1S/C37H65N10O17P3S.3H3N/c1-37(2,32(51)35(52)41-19-17-27(48)40-20-21-68-28(49)16-14-12-10-8-6-4-3-5-7-9-11-13-15-18-45-46-39)23-61-67(58,59)64-66(56,57)60-22-26-31(63-65(53,54)55)30(50)36(62-26)47-25-44-29-33(38)42-24-43-34(29)47;;;/h24-26,30-32,36,50-51H,3-23H2,1-2H3,(H,40,48)(H,41,52)(H,56,57)(H,58,59)(H2,38,42,43)(H2,53,54,55);3*1H3/t26-,30-,31-,32+,36-;;;/m1.../s1. The molecule has 0 radical (unpaired) electrons. The molecule has 410 valence electrons. The molecule has 34 heteroatoms. The first-order valence-electron chi connectivity index (χ1n) is 22.1. The summed E-state index contributed by atoms with van der Waals surface area (Å²) in [5, 5.41) is 30.0. The van der Waals surface area contributed by atoms with E-state index in [1.807, 2.05) is 0 Å². The number of ether oxygens (including phenoxy) is 1. The Kier molecular flexibility index (Phi) is 32.0. The lowest BCUT2D eigenvalue weighted by Gasteiger charge is -2.35. The average Bonchev–Trinajstić information content (AvgIpc) is 3.83. The summed E-state index contributed by atoms with van der Waals surface area (Å²) in [6.45, 7) is 0.761. The number of aromatic nitrogens is 4. The maximum atomic E-state index is 12.6. The van der Waals surface area contributed by atoms with Gasteiger partial charge in [-0.3, -0.25) is 32.6 Å². The molecule has 19 N–H and O–H groups in total. The minimum absolute atomic E-state index is 0. The van der Waals surface area contributed by atoms with Crippen molar-refractivity contribution in [2.75, 3.05) is 44.3 Å². The lowest BCUT2D eigenvalue weighted by Crippen LogP contribution is -2.46. The van der Waals surface area contributed by atoms with Crippen LogP contribution in [0.2, 0.25) is 0 Å². The molecule has 0 aromatic carbocycles. The number of fused-ring (bicyclic) bond motifs is 1. The lowest BCUT2D eigenvalue weighted by molar-refractivity contribution is -0.247. The number of hydrogen-bond donors (Lipinski definition) is 9. The SMILES string of the molecule is CC(C)(COP(=O)([O-])OP(=O)([O-])OC[C@H]1O[C@@H](n2cnc3c(N)ncnc32)[C@H](O)[C@@H]1OP(=O)([O-])O)[C@@H](O)C(=O)NCCC(=O)NCCSC(=O)CCCCCCCCCCCCCCCN=[N+]=[N-].[NH4+].[NH4+].[NH4+]. The number of azide groups is 1. The predicted octanol–water partition coefficient (Wildman–Crippen LogP) is 3.67. The Balaban J connectivity index is 0.0000163. The fourth-order valence-electron chi connectivity index (χ4n) is 6.79. The third-order valence-electron chi connectivity index (χ3n) is 10.4. The molecule has 1 saturated heterocycles. The number of quaternary nitrogens is 3. The van der Waals surface area contributed by atoms with Gasteiger partial charge in [-0.2, -0.15) is 0 Å². The van der Waals surface area contributed by atoms with E-state index in [2.05, 4.69) is 53.5 Å². The van der Waals surface area contributed by atoms with Crippen molar-refractivity contribution < 1.29 is 80.5 Å². The number of carbonyl (C=O) groups is 3. The van der Waals surface area contributed by atoms with Crippen LogP contribution in [0.5, 0.6) is 0 Å². The largest absolute Gasteiger partial charge is 0.756 e. The molecule has 2 aromatic heterocycles. The second kappa shape index (κ2) is 33.5. The van der Waals surface area contributed by atoms with Crippen molar-refractivity contribution in [2.45, 2.75) is 141 Å². The van der Waals surface area contributed by atoms with Crippen LogP contribution in [0, 0.1) is 5.41 Å². The minimum Gasteiger partial charge on any atom is -0.756 e. The van der Waals surface area contributed by atoms with Crippen LogP contribution in [-0.2, 0) is 50.7 Å². The van der Waals surface area contributed by atoms with Gasteiger partial charge in [-0.25, -0.2) is 19.3 Å². The van der Waals surface area contributed by atoms with Crippen molar-refractivity contribution in [1.29, 1.82) is 0 Å². The summed E-state index contributed by atoms with van der Waals surface area (Å²) < 4.78 is 61.1. The summed E-state index contributed by atoms with van der Waals surface area (Å²) in [6, 6.07) is 0. The molecule has 3 heterocycles. The Hall–Kier alpha value is -3.25.